The van der Waals surface area contributed by atoms with Crippen LogP contribution in [-0.2, 0) is 20.1 Å². The quantitative estimate of drug-likeness (QED) is 0.205. The van der Waals surface area contributed by atoms with Gasteiger partial charge >= 0.3 is 0 Å². The molecule has 4 nitrogen and oxygen atoms in total. The average molecular weight is 629 g/mol. The molecule has 6 aromatic rings. The SMILES string of the molecule is [Ir].[c-]1ccc(-c2ccc3ncccc3c2)cc1-c1cnccn1.[c-]1ccccc1-c1ccccn1. The maximum Gasteiger partial charge on any atom is 0.0702 e. The van der Waals surface area contributed by atoms with Gasteiger partial charge in [0.25, 0.3) is 0 Å². The zero-order valence-corrected chi connectivity index (χ0v) is 21.1. The first-order valence-corrected chi connectivity index (χ1v) is 10.9. The van der Waals surface area contributed by atoms with Gasteiger partial charge in [0.2, 0.25) is 0 Å². The molecule has 0 spiro atoms. The minimum absolute atomic E-state index is 0. The van der Waals surface area contributed by atoms with Crippen LogP contribution in [0.1, 0.15) is 0 Å². The van der Waals surface area contributed by atoms with Gasteiger partial charge in [-0.1, -0.05) is 24.3 Å². The largest absolute Gasteiger partial charge is 0.305 e. The molecule has 6 rings (SSSR count). The first-order valence-electron chi connectivity index (χ1n) is 10.9. The van der Waals surface area contributed by atoms with Crippen molar-refractivity contribution in [2.24, 2.45) is 0 Å². The van der Waals surface area contributed by atoms with Gasteiger partial charge in [-0.2, -0.15) is 0 Å². The average Bonchev–Trinajstić information content (AvgIpc) is 2.95. The topological polar surface area (TPSA) is 51.6 Å². The fourth-order valence-electron chi connectivity index (χ4n) is 3.56. The Kier molecular flexibility index (Phi) is 8.18. The van der Waals surface area contributed by atoms with E-state index in [9.17, 15) is 0 Å². The zero-order valence-electron chi connectivity index (χ0n) is 18.7. The Morgan fingerprint density at radius 2 is 1.37 bits per heavy atom. The van der Waals surface area contributed by atoms with Crippen LogP contribution in [0.15, 0.2) is 122 Å². The van der Waals surface area contributed by atoms with Gasteiger partial charge in [-0.15, -0.1) is 71.3 Å². The Morgan fingerprint density at radius 3 is 2.17 bits per heavy atom. The van der Waals surface area contributed by atoms with Crippen molar-refractivity contribution in [1.29, 1.82) is 0 Å². The maximum atomic E-state index is 4.36. The number of nitrogens with zero attached hydrogens (tertiary/aromatic N) is 4. The first-order chi connectivity index (χ1) is 16.9. The van der Waals surface area contributed by atoms with E-state index >= 15 is 0 Å². The van der Waals surface area contributed by atoms with Gasteiger partial charge in [-0.3, -0.25) is 9.97 Å². The fraction of sp³-hybridized carbons (Fsp3) is 0. The van der Waals surface area contributed by atoms with Crippen molar-refractivity contribution >= 4 is 10.9 Å². The monoisotopic (exact) mass is 629 g/mol. The molecule has 0 unspecified atom stereocenters. The summed E-state index contributed by atoms with van der Waals surface area (Å²) in [4.78, 5) is 17.0. The van der Waals surface area contributed by atoms with Gasteiger partial charge in [0.1, 0.15) is 0 Å². The molecule has 3 aromatic carbocycles. The summed E-state index contributed by atoms with van der Waals surface area (Å²) in [5, 5.41) is 1.13. The Bertz CT molecular complexity index is 1450. The third-order valence-electron chi connectivity index (χ3n) is 5.23. The molecule has 0 bridgehead atoms. The summed E-state index contributed by atoms with van der Waals surface area (Å²) in [6.07, 6.45) is 8.71. The van der Waals surface area contributed by atoms with E-state index in [4.69, 9.17) is 0 Å². The minimum Gasteiger partial charge on any atom is -0.305 e. The van der Waals surface area contributed by atoms with E-state index in [2.05, 4.69) is 62.4 Å². The molecule has 0 aliphatic heterocycles. The van der Waals surface area contributed by atoms with E-state index in [1.165, 1.54) is 0 Å². The van der Waals surface area contributed by atoms with Crippen molar-refractivity contribution in [2.75, 3.05) is 0 Å². The number of hydrogen-bond donors (Lipinski definition) is 0. The molecule has 35 heavy (non-hydrogen) atoms. The van der Waals surface area contributed by atoms with E-state index in [-0.39, 0.29) is 20.1 Å². The van der Waals surface area contributed by atoms with E-state index in [1.54, 1.807) is 24.8 Å². The summed E-state index contributed by atoms with van der Waals surface area (Å²) in [5.74, 6) is 0. The molecule has 0 atom stereocenters. The second kappa shape index (κ2) is 11.9. The zero-order chi connectivity index (χ0) is 23.0. The number of benzene rings is 3. The van der Waals surface area contributed by atoms with E-state index in [0.29, 0.717) is 0 Å². The summed E-state index contributed by atoms with van der Waals surface area (Å²) in [6.45, 7) is 0. The van der Waals surface area contributed by atoms with Gasteiger partial charge < -0.3 is 9.97 Å². The Labute approximate surface area is 218 Å². The molecular formula is C30H20IrN4-2. The van der Waals surface area contributed by atoms with E-state index in [0.717, 1.165) is 44.5 Å². The van der Waals surface area contributed by atoms with Crippen LogP contribution in [-0.4, -0.2) is 19.9 Å². The van der Waals surface area contributed by atoms with Crippen LogP contribution < -0.4 is 0 Å². The summed E-state index contributed by atoms with van der Waals surface area (Å²) in [7, 11) is 0. The number of aromatic nitrogens is 4. The smallest absolute Gasteiger partial charge is 0.0702 e. The molecule has 3 aromatic heterocycles. The molecule has 3 heterocycles. The number of rotatable bonds is 3. The van der Waals surface area contributed by atoms with Gasteiger partial charge in [0.05, 0.1) is 5.52 Å². The molecule has 5 heteroatoms. The molecule has 0 aliphatic carbocycles. The molecule has 0 saturated carbocycles. The van der Waals surface area contributed by atoms with Crippen LogP contribution in [0.3, 0.4) is 0 Å². The standard InChI is InChI=1S/C19H12N3.C11H8N.Ir/c1-3-14(11-17(4-1)19-13-20-9-10-22-19)15-6-7-18-16(12-15)5-2-8-21-18;1-2-6-10(7-3-1)11-8-4-5-9-12-11;/h1-3,5-13H;1-6,8-9H;/q2*-1;. The number of fused-ring (bicyclic) bond motifs is 1. The number of hydrogen-bond acceptors (Lipinski definition) is 4. The minimum atomic E-state index is 0. The second-order valence-corrected chi connectivity index (χ2v) is 7.48. The summed E-state index contributed by atoms with van der Waals surface area (Å²) < 4.78 is 0. The third kappa shape index (κ3) is 6.10. The molecule has 0 saturated heterocycles. The Hall–Kier alpha value is -4.05. The van der Waals surface area contributed by atoms with Crippen molar-refractivity contribution in [3.05, 3.63) is 134 Å². The van der Waals surface area contributed by atoms with Crippen LogP contribution in [0.4, 0.5) is 0 Å². The fourth-order valence-corrected chi connectivity index (χ4v) is 3.56. The molecule has 0 aliphatic rings. The predicted molar refractivity (Wildman–Crippen MR) is 136 cm³/mol. The first kappa shape index (κ1) is 24.1. The molecule has 0 fully saturated rings. The van der Waals surface area contributed by atoms with Crippen molar-refractivity contribution in [2.45, 2.75) is 0 Å². The van der Waals surface area contributed by atoms with Crippen molar-refractivity contribution in [3.63, 3.8) is 0 Å². The predicted octanol–water partition coefficient (Wildman–Crippen LogP) is 6.71. The van der Waals surface area contributed by atoms with Crippen molar-refractivity contribution < 1.29 is 20.1 Å². The van der Waals surface area contributed by atoms with E-state index < -0.39 is 0 Å². The van der Waals surface area contributed by atoms with Gasteiger partial charge in [0.15, 0.2) is 0 Å². The number of pyridine rings is 2. The normalized spacial score (nSPS) is 10.1. The van der Waals surface area contributed by atoms with Crippen LogP contribution in [0.25, 0.3) is 44.5 Å². The van der Waals surface area contributed by atoms with Gasteiger partial charge in [-0.25, -0.2) is 0 Å². The summed E-state index contributed by atoms with van der Waals surface area (Å²) in [5.41, 5.74) is 7.06. The van der Waals surface area contributed by atoms with Crippen LogP contribution >= 0.6 is 0 Å². The van der Waals surface area contributed by atoms with Crippen molar-refractivity contribution in [3.8, 4) is 33.6 Å². The maximum absolute atomic E-state index is 4.36. The van der Waals surface area contributed by atoms with Gasteiger partial charge in [0, 0.05) is 62.2 Å². The molecule has 1 radical (unpaired) electrons. The van der Waals surface area contributed by atoms with Crippen molar-refractivity contribution in [1.82, 2.24) is 19.9 Å². The Balaban J connectivity index is 0.000000189. The molecule has 0 N–H and O–H groups in total. The molecule has 171 valence electrons. The Morgan fingerprint density at radius 1 is 0.543 bits per heavy atom. The van der Waals surface area contributed by atoms with Crippen LogP contribution in [0.5, 0.6) is 0 Å². The van der Waals surface area contributed by atoms with Crippen LogP contribution in [0, 0.1) is 12.1 Å². The third-order valence-corrected chi connectivity index (χ3v) is 5.23. The summed E-state index contributed by atoms with van der Waals surface area (Å²) >= 11 is 0. The molecule has 0 amide bonds. The van der Waals surface area contributed by atoms with Gasteiger partial charge in [-0.05, 0) is 35.5 Å². The van der Waals surface area contributed by atoms with E-state index in [1.807, 2.05) is 66.9 Å². The molecular weight excluding hydrogens is 609 g/mol. The van der Waals surface area contributed by atoms with Crippen LogP contribution in [0.2, 0.25) is 0 Å². The second-order valence-electron chi connectivity index (χ2n) is 7.48. The summed E-state index contributed by atoms with van der Waals surface area (Å²) in [6, 6.07) is 36.4.